The summed E-state index contributed by atoms with van der Waals surface area (Å²) in [4.78, 5) is 31.5. The number of methoxy groups -OCH3 is 1. The molecule has 3 heterocycles. The highest BCUT2D eigenvalue weighted by Gasteiger charge is 2.16. The number of fused-ring (bicyclic) bond motifs is 1. The fraction of sp³-hybridized carbons (Fsp3) is 0.150. The number of hydrogen-bond acceptors (Lipinski definition) is 6. The van der Waals surface area contributed by atoms with E-state index in [2.05, 4.69) is 14.7 Å². The van der Waals surface area contributed by atoms with E-state index in [1.807, 2.05) is 0 Å². The molecule has 11 heteroatoms. The quantitative estimate of drug-likeness (QED) is 0.482. The summed E-state index contributed by atoms with van der Waals surface area (Å²) in [6.07, 6.45) is 1.36. The van der Waals surface area contributed by atoms with Crippen LogP contribution in [-0.2, 0) is 24.1 Å². The second kappa shape index (κ2) is 7.43. The lowest BCUT2D eigenvalue weighted by Crippen LogP contribution is -2.36. The second-order valence-electron chi connectivity index (χ2n) is 6.87. The summed E-state index contributed by atoms with van der Waals surface area (Å²) < 4.78 is 35.1. The molecule has 0 bridgehead atoms. The fourth-order valence-electron chi connectivity index (χ4n) is 3.20. The number of benzene rings is 1. The smallest absolute Gasteiger partial charge is 0.331 e. The summed E-state index contributed by atoms with van der Waals surface area (Å²) in [5.74, 6) is 0.373. The number of anilines is 1. The van der Waals surface area contributed by atoms with E-state index in [9.17, 15) is 18.0 Å². The molecule has 0 fully saturated rings. The zero-order valence-corrected chi connectivity index (χ0v) is 17.7. The van der Waals surface area contributed by atoms with Crippen LogP contribution in [0.3, 0.4) is 0 Å². The molecule has 3 aromatic heterocycles. The average Bonchev–Trinajstić information content (AvgIpc) is 3.22. The van der Waals surface area contributed by atoms with Crippen molar-refractivity contribution in [1.29, 1.82) is 0 Å². The summed E-state index contributed by atoms with van der Waals surface area (Å²) in [5, 5.41) is 0. The number of aryl methyl sites for hydroxylation is 1. The van der Waals surface area contributed by atoms with E-state index in [1.54, 1.807) is 37.4 Å². The summed E-state index contributed by atoms with van der Waals surface area (Å²) >= 11 is 0. The van der Waals surface area contributed by atoms with Crippen molar-refractivity contribution in [3.05, 3.63) is 69.5 Å². The van der Waals surface area contributed by atoms with Crippen molar-refractivity contribution in [2.45, 2.75) is 4.90 Å². The van der Waals surface area contributed by atoms with Crippen molar-refractivity contribution in [2.75, 3.05) is 11.8 Å². The third-order valence-electron chi connectivity index (χ3n) is 4.92. The molecule has 0 aliphatic heterocycles. The predicted molar refractivity (Wildman–Crippen MR) is 116 cm³/mol. The van der Waals surface area contributed by atoms with Gasteiger partial charge in [0.2, 0.25) is 5.88 Å². The van der Waals surface area contributed by atoms with Gasteiger partial charge < -0.3 is 9.72 Å². The zero-order valence-electron chi connectivity index (χ0n) is 16.9. The van der Waals surface area contributed by atoms with Crippen LogP contribution in [0.1, 0.15) is 0 Å². The lowest BCUT2D eigenvalue weighted by molar-refractivity contribution is 0.398. The molecule has 2 N–H and O–H groups in total. The highest BCUT2D eigenvalue weighted by atomic mass is 32.2. The normalized spacial score (nSPS) is 11.6. The van der Waals surface area contributed by atoms with Crippen molar-refractivity contribution < 1.29 is 13.2 Å². The molecule has 4 rings (SSSR count). The topological polar surface area (TPSA) is 128 Å². The molecule has 0 unspecified atom stereocenters. The molecule has 0 radical (unpaired) electrons. The molecular formula is C20H19N5O5S. The van der Waals surface area contributed by atoms with E-state index in [-0.39, 0.29) is 4.90 Å². The van der Waals surface area contributed by atoms with Gasteiger partial charge in [-0.3, -0.25) is 18.7 Å². The van der Waals surface area contributed by atoms with Gasteiger partial charge in [0, 0.05) is 25.9 Å². The van der Waals surface area contributed by atoms with E-state index in [0.717, 1.165) is 4.57 Å². The first kappa shape index (κ1) is 20.4. The maximum Gasteiger partial charge on any atom is 0.331 e. The van der Waals surface area contributed by atoms with E-state index in [4.69, 9.17) is 4.74 Å². The van der Waals surface area contributed by atoms with Crippen LogP contribution < -0.4 is 20.7 Å². The summed E-state index contributed by atoms with van der Waals surface area (Å²) in [7, 11) is 0.642. The lowest BCUT2D eigenvalue weighted by atomic mass is 10.1. The van der Waals surface area contributed by atoms with Gasteiger partial charge in [-0.15, -0.1) is 0 Å². The number of nitrogens with one attached hydrogen (secondary N) is 2. The molecule has 0 spiro atoms. The number of nitrogens with zero attached hydrogens (tertiary/aromatic N) is 3. The molecule has 0 atom stereocenters. The molecular weight excluding hydrogens is 422 g/mol. The minimum absolute atomic E-state index is 0.0616. The number of ether oxygens (including phenoxy) is 1. The molecule has 160 valence electrons. The Bertz CT molecular complexity index is 1500. The number of aromatic amines is 1. The monoisotopic (exact) mass is 441 g/mol. The minimum atomic E-state index is -3.82. The summed E-state index contributed by atoms with van der Waals surface area (Å²) in [5.41, 5.74) is 1.46. The fourth-order valence-corrected chi connectivity index (χ4v) is 4.24. The largest absolute Gasteiger partial charge is 0.481 e. The van der Waals surface area contributed by atoms with Gasteiger partial charge in [-0.05, 0) is 29.8 Å². The van der Waals surface area contributed by atoms with Gasteiger partial charge in [-0.1, -0.05) is 12.1 Å². The van der Waals surface area contributed by atoms with Gasteiger partial charge in [-0.2, -0.15) is 0 Å². The molecule has 10 nitrogen and oxygen atoms in total. The maximum absolute atomic E-state index is 12.6. The molecule has 0 aliphatic carbocycles. The van der Waals surface area contributed by atoms with Crippen molar-refractivity contribution in [3.8, 4) is 17.1 Å². The van der Waals surface area contributed by atoms with Crippen LogP contribution in [-0.4, -0.2) is 34.6 Å². The number of H-pyrrole nitrogens is 1. The van der Waals surface area contributed by atoms with Crippen molar-refractivity contribution in [3.63, 3.8) is 0 Å². The van der Waals surface area contributed by atoms with Crippen LogP contribution in [0, 0.1) is 0 Å². The van der Waals surface area contributed by atoms with Gasteiger partial charge in [0.05, 0.1) is 29.4 Å². The Labute approximate surface area is 176 Å². The molecule has 0 aliphatic rings. The van der Waals surface area contributed by atoms with Gasteiger partial charge in [0.25, 0.3) is 15.6 Å². The first-order chi connectivity index (χ1) is 14.7. The summed E-state index contributed by atoms with van der Waals surface area (Å²) in [6.45, 7) is 0. The Morgan fingerprint density at radius 2 is 1.74 bits per heavy atom. The molecule has 1 aromatic carbocycles. The third kappa shape index (κ3) is 3.59. The average molecular weight is 441 g/mol. The Morgan fingerprint density at radius 3 is 2.35 bits per heavy atom. The van der Waals surface area contributed by atoms with Crippen molar-refractivity contribution in [2.24, 2.45) is 14.1 Å². The van der Waals surface area contributed by atoms with E-state index in [0.29, 0.717) is 33.9 Å². The molecule has 0 amide bonds. The number of sulfonamides is 1. The standard InChI is InChI=1S/C20H19N5O5S/c1-24-16-10-15(22-18(16)19(26)25(2)20(24)27)12-4-7-14(8-5-12)31(28,29)23-13-6-9-17(30-3)21-11-13/h4-11,22-23H,1-3H3. The van der Waals surface area contributed by atoms with Gasteiger partial charge >= 0.3 is 5.69 Å². The highest BCUT2D eigenvalue weighted by Crippen LogP contribution is 2.24. The maximum atomic E-state index is 12.6. The minimum Gasteiger partial charge on any atom is -0.481 e. The van der Waals surface area contributed by atoms with Crippen molar-refractivity contribution >= 4 is 26.7 Å². The van der Waals surface area contributed by atoms with E-state index < -0.39 is 21.3 Å². The van der Waals surface area contributed by atoms with Gasteiger partial charge in [0.15, 0.2) is 0 Å². The Kier molecular flexibility index (Phi) is 4.90. The Morgan fingerprint density at radius 1 is 1.03 bits per heavy atom. The van der Waals surface area contributed by atoms with Gasteiger partial charge in [0.1, 0.15) is 5.52 Å². The van der Waals surface area contributed by atoms with Crippen molar-refractivity contribution in [1.82, 2.24) is 19.1 Å². The predicted octanol–water partition coefficient (Wildman–Crippen LogP) is 1.44. The SMILES string of the molecule is COc1ccc(NS(=O)(=O)c2ccc(-c3cc4c([nH]3)c(=O)n(C)c(=O)n4C)cc2)cn1. The summed E-state index contributed by atoms with van der Waals surface area (Å²) in [6, 6.07) is 10.9. The van der Waals surface area contributed by atoms with Crippen LogP contribution in [0.2, 0.25) is 0 Å². The van der Waals surface area contributed by atoms with Gasteiger partial charge in [-0.25, -0.2) is 18.2 Å². The van der Waals surface area contributed by atoms with E-state index in [1.165, 1.54) is 37.1 Å². The highest BCUT2D eigenvalue weighted by molar-refractivity contribution is 7.92. The third-order valence-corrected chi connectivity index (χ3v) is 6.32. The van der Waals surface area contributed by atoms with Crippen LogP contribution in [0.5, 0.6) is 5.88 Å². The molecule has 31 heavy (non-hydrogen) atoms. The number of aromatic nitrogens is 4. The molecule has 4 aromatic rings. The second-order valence-corrected chi connectivity index (χ2v) is 8.55. The van der Waals surface area contributed by atoms with Crippen LogP contribution in [0.4, 0.5) is 5.69 Å². The molecule has 0 saturated heterocycles. The lowest BCUT2D eigenvalue weighted by Gasteiger charge is -2.09. The Hall–Kier alpha value is -3.86. The first-order valence-electron chi connectivity index (χ1n) is 9.13. The number of rotatable bonds is 5. The van der Waals surface area contributed by atoms with Crippen LogP contribution in [0.15, 0.2) is 63.1 Å². The molecule has 0 saturated carbocycles. The van der Waals surface area contributed by atoms with Crippen LogP contribution >= 0.6 is 0 Å². The Balaban J connectivity index is 1.66. The van der Waals surface area contributed by atoms with Crippen LogP contribution in [0.25, 0.3) is 22.3 Å². The van der Waals surface area contributed by atoms with E-state index >= 15 is 0 Å². The first-order valence-corrected chi connectivity index (χ1v) is 10.6. The number of pyridine rings is 1. The number of hydrogen-bond donors (Lipinski definition) is 2. The zero-order chi connectivity index (χ0) is 22.3.